The SMILES string of the molecule is CC(C)C(=O)C1c2ccccc2CN1C(=O)C(C)(C)C. The number of benzene rings is 1. The molecule has 0 saturated carbocycles. The highest BCUT2D eigenvalue weighted by atomic mass is 16.2. The van der Waals surface area contributed by atoms with E-state index in [2.05, 4.69) is 0 Å². The van der Waals surface area contributed by atoms with Crippen LogP contribution in [0.15, 0.2) is 24.3 Å². The van der Waals surface area contributed by atoms with Crippen LogP contribution >= 0.6 is 0 Å². The third-order valence-corrected chi connectivity index (χ3v) is 3.74. The minimum atomic E-state index is -0.475. The van der Waals surface area contributed by atoms with Gasteiger partial charge in [-0.1, -0.05) is 58.9 Å². The van der Waals surface area contributed by atoms with Crippen molar-refractivity contribution in [2.45, 2.75) is 47.2 Å². The van der Waals surface area contributed by atoms with E-state index in [0.29, 0.717) is 6.54 Å². The van der Waals surface area contributed by atoms with Crippen molar-refractivity contribution < 1.29 is 9.59 Å². The fourth-order valence-corrected chi connectivity index (χ4v) is 2.63. The van der Waals surface area contributed by atoms with Gasteiger partial charge < -0.3 is 4.90 Å². The third-order valence-electron chi connectivity index (χ3n) is 3.74. The number of amides is 1. The summed E-state index contributed by atoms with van der Waals surface area (Å²) in [5.74, 6) is 0.0710. The van der Waals surface area contributed by atoms with E-state index in [4.69, 9.17) is 0 Å². The first kappa shape index (κ1) is 14.8. The van der Waals surface area contributed by atoms with E-state index in [1.807, 2.05) is 58.9 Å². The van der Waals surface area contributed by atoms with E-state index in [1.165, 1.54) is 0 Å². The summed E-state index contributed by atoms with van der Waals surface area (Å²) in [6.45, 7) is 10.0. The van der Waals surface area contributed by atoms with Gasteiger partial charge in [0.2, 0.25) is 5.91 Å². The second-order valence-corrected chi connectivity index (χ2v) is 6.84. The standard InChI is InChI=1S/C17H23NO2/c1-11(2)15(19)14-13-9-7-6-8-12(13)10-18(14)16(20)17(3,4)5/h6-9,11,14H,10H2,1-5H3. The van der Waals surface area contributed by atoms with E-state index < -0.39 is 11.5 Å². The Labute approximate surface area is 121 Å². The van der Waals surface area contributed by atoms with Crippen molar-refractivity contribution in [3.63, 3.8) is 0 Å². The van der Waals surface area contributed by atoms with Crippen molar-refractivity contribution in [1.82, 2.24) is 4.90 Å². The topological polar surface area (TPSA) is 37.4 Å². The normalized spacial score (nSPS) is 18.3. The number of hydrogen-bond donors (Lipinski definition) is 0. The van der Waals surface area contributed by atoms with Crippen molar-refractivity contribution >= 4 is 11.7 Å². The molecule has 3 nitrogen and oxygen atoms in total. The van der Waals surface area contributed by atoms with Crippen molar-refractivity contribution in [1.29, 1.82) is 0 Å². The van der Waals surface area contributed by atoms with Crippen LogP contribution in [0.4, 0.5) is 0 Å². The quantitative estimate of drug-likeness (QED) is 0.828. The summed E-state index contributed by atoms with van der Waals surface area (Å²) in [5.41, 5.74) is 1.60. The molecule has 0 fully saturated rings. The molecule has 0 saturated heterocycles. The zero-order valence-corrected chi connectivity index (χ0v) is 12.9. The van der Waals surface area contributed by atoms with Gasteiger partial charge >= 0.3 is 0 Å². The number of fused-ring (bicyclic) bond motifs is 1. The van der Waals surface area contributed by atoms with Crippen LogP contribution in [0.3, 0.4) is 0 Å². The number of carbonyl (C=O) groups excluding carboxylic acids is 2. The molecule has 0 N–H and O–H groups in total. The summed E-state index contributed by atoms with van der Waals surface area (Å²) >= 11 is 0. The van der Waals surface area contributed by atoms with Crippen LogP contribution in [0, 0.1) is 11.3 Å². The molecule has 2 rings (SSSR count). The largest absolute Gasteiger partial charge is 0.324 e. The van der Waals surface area contributed by atoms with Gasteiger partial charge in [-0.15, -0.1) is 0 Å². The van der Waals surface area contributed by atoms with Crippen LogP contribution in [-0.2, 0) is 16.1 Å². The summed E-state index contributed by atoms with van der Waals surface area (Å²) in [6.07, 6.45) is 0. The van der Waals surface area contributed by atoms with Gasteiger partial charge in [0.1, 0.15) is 6.04 Å². The first-order chi connectivity index (χ1) is 9.23. The van der Waals surface area contributed by atoms with Gasteiger partial charge in [0.15, 0.2) is 5.78 Å². The van der Waals surface area contributed by atoms with Crippen LogP contribution in [-0.4, -0.2) is 16.6 Å². The summed E-state index contributed by atoms with van der Waals surface area (Å²) in [6, 6.07) is 7.45. The minimum absolute atomic E-state index is 0.0349. The highest BCUT2D eigenvalue weighted by Gasteiger charge is 2.41. The maximum atomic E-state index is 12.6. The molecule has 1 amide bonds. The Morgan fingerprint density at radius 3 is 2.35 bits per heavy atom. The van der Waals surface area contributed by atoms with E-state index in [1.54, 1.807) is 4.90 Å². The van der Waals surface area contributed by atoms with E-state index in [-0.39, 0.29) is 17.6 Å². The molecule has 1 atom stereocenters. The van der Waals surface area contributed by atoms with Crippen LogP contribution in [0.5, 0.6) is 0 Å². The highest BCUT2D eigenvalue weighted by molar-refractivity contribution is 5.93. The second kappa shape index (κ2) is 5.04. The average Bonchev–Trinajstić information content (AvgIpc) is 2.74. The monoisotopic (exact) mass is 273 g/mol. The third kappa shape index (κ3) is 2.49. The maximum Gasteiger partial charge on any atom is 0.229 e. The fourth-order valence-electron chi connectivity index (χ4n) is 2.63. The lowest BCUT2D eigenvalue weighted by atomic mass is 9.91. The first-order valence-corrected chi connectivity index (χ1v) is 7.16. The zero-order chi connectivity index (χ0) is 15.1. The smallest absolute Gasteiger partial charge is 0.229 e. The predicted octanol–water partition coefficient (Wildman–Crippen LogP) is 3.34. The first-order valence-electron chi connectivity index (χ1n) is 7.16. The Bertz CT molecular complexity index is 540. The molecule has 20 heavy (non-hydrogen) atoms. The Hall–Kier alpha value is -1.64. The number of carbonyl (C=O) groups is 2. The Kier molecular flexibility index (Phi) is 3.72. The summed E-state index contributed by atoms with van der Waals surface area (Å²) in [4.78, 5) is 26.9. The number of hydrogen-bond acceptors (Lipinski definition) is 2. The number of nitrogens with zero attached hydrogens (tertiary/aromatic N) is 1. The molecule has 3 heteroatoms. The number of ketones is 1. The van der Waals surface area contributed by atoms with Crippen LogP contribution in [0.2, 0.25) is 0 Å². The Morgan fingerprint density at radius 2 is 1.80 bits per heavy atom. The molecule has 0 aliphatic carbocycles. The van der Waals surface area contributed by atoms with Gasteiger partial charge in [-0.25, -0.2) is 0 Å². The number of rotatable bonds is 2. The van der Waals surface area contributed by atoms with Crippen LogP contribution < -0.4 is 0 Å². The fraction of sp³-hybridized carbons (Fsp3) is 0.529. The lowest BCUT2D eigenvalue weighted by molar-refractivity contribution is -0.147. The van der Waals surface area contributed by atoms with Crippen molar-refractivity contribution in [2.75, 3.05) is 0 Å². The zero-order valence-electron chi connectivity index (χ0n) is 12.9. The summed E-state index contributed by atoms with van der Waals surface area (Å²) in [7, 11) is 0. The summed E-state index contributed by atoms with van der Waals surface area (Å²) < 4.78 is 0. The minimum Gasteiger partial charge on any atom is -0.324 e. The Morgan fingerprint density at radius 1 is 1.20 bits per heavy atom. The highest BCUT2D eigenvalue weighted by Crippen LogP contribution is 2.38. The molecule has 0 aromatic heterocycles. The van der Waals surface area contributed by atoms with Crippen molar-refractivity contribution in [3.05, 3.63) is 35.4 Å². The molecule has 1 aliphatic heterocycles. The summed E-state index contributed by atoms with van der Waals surface area (Å²) in [5, 5.41) is 0. The van der Waals surface area contributed by atoms with Gasteiger partial charge in [0.25, 0.3) is 0 Å². The molecule has 1 unspecified atom stereocenters. The van der Waals surface area contributed by atoms with E-state index in [9.17, 15) is 9.59 Å². The molecule has 1 aromatic carbocycles. The molecule has 1 aromatic rings. The van der Waals surface area contributed by atoms with E-state index >= 15 is 0 Å². The molecule has 108 valence electrons. The molecule has 1 heterocycles. The molecule has 0 bridgehead atoms. The molecular formula is C17H23NO2. The maximum absolute atomic E-state index is 12.6. The molecule has 1 aliphatic rings. The molecular weight excluding hydrogens is 250 g/mol. The predicted molar refractivity (Wildman–Crippen MR) is 79.0 cm³/mol. The van der Waals surface area contributed by atoms with Gasteiger partial charge in [0.05, 0.1) is 0 Å². The molecule has 0 radical (unpaired) electrons. The second-order valence-electron chi connectivity index (χ2n) is 6.84. The number of Topliss-reactive ketones (excluding diaryl/α,β-unsaturated/α-hetero) is 1. The average molecular weight is 273 g/mol. The van der Waals surface area contributed by atoms with E-state index in [0.717, 1.165) is 11.1 Å². The lowest BCUT2D eigenvalue weighted by Gasteiger charge is -2.31. The van der Waals surface area contributed by atoms with Crippen LogP contribution in [0.1, 0.15) is 51.8 Å². The van der Waals surface area contributed by atoms with Gasteiger partial charge in [-0.05, 0) is 11.1 Å². The van der Waals surface area contributed by atoms with Crippen molar-refractivity contribution in [3.8, 4) is 0 Å². The van der Waals surface area contributed by atoms with Crippen LogP contribution in [0.25, 0.3) is 0 Å². The van der Waals surface area contributed by atoms with Gasteiger partial charge in [-0.3, -0.25) is 9.59 Å². The van der Waals surface area contributed by atoms with Crippen molar-refractivity contribution in [2.24, 2.45) is 11.3 Å². The Balaban J connectivity index is 2.44. The van der Waals surface area contributed by atoms with Gasteiger partial charge in [-0.2, -0.15) is 0 Å². The molecule has 0 spiro atoms. The lowest BCUT2D eigenvalue weighted by Crippen LogP contribution is -2.41. The van der Waals surface area contributed by atoms with Gasteiger partial charge in [0, 0.05) is 17.9 Å².